The molecule has 0 unspecified atom stereocenters. The van der Waals surface area contributed by atoms with Crippen LogP contribution in [0, 0.1) is 0 Å². The van der Waals surface area contributed by atoms with Gasteiger partial charge in [-0.05, 0) is 48.5 Å². The van der Waals surface area contributed by atoms with E-state index >= 15 is 0 Å². The van der Waals surface area contributed by atoms with Gasteiger partial charge in [-0.2, -0.15) is 0 Å². The van der Waals surface area contributed by atoms with Gasteiger partial charge in [-0.1, -0.05) is 0 Å². The van der Waals surface area contributed by atoms with Gasteiger partial charge in [-0.25, -0.2) is 9.78 Å². The smallest absolute Gasteiger partial charge is 0.337 e. The molecular weight excluding hydrogens is 322 g/mol. The van der Waals surface area contributed by atoms with Gasteiger partial charge in [0.2, 0.25) is 0 Å². The summed E-state index contributed by atoms with van der Waals surface area (Å²) in [5.41, 5.74) is 2.01. The predicted octanol–water partition coefficient (Wildman–Crippen LogP) is 3.46. The number of anilines is 3. The second kappa shape index (κ2) is 7.31. The third kappa shape index (κ3) is 4.03. The van der Waals surface area contributed by atoms with Crippen LogP contribution in [0.3, 0.4) is 0 Å². The van der Waals surface area contributed by atoms with Crippen LogP contribution in [-0.4, -0.2) is 24.0 Å². The molecule has 0 aliphatic heterocycles. The van der Waals surface area contributed by atoms with Crippen molar-refractivity contribution < 1.29 is 18.7 Å². The van der Waals surface area contributed by atoms with Crippen LogP contribution in [0.25, 0.3) is 0 Å². The zero-order valence-corrected chi connectivity index (χ0v) is 13.4. The standard InChI is InChI=1S/C18H15N3O4/c1-24-18(23)12-4-6-13(7-5-12)20-14-8-9-16(19-11-14)21-17(22)15-3-2-10-25-15/h2-11,20H,1H3,(H,19,21,22). The summed E-state index contributed by atoms with van der Waals surface area (Å²) in [4.78, 5) is 27.4. The minimum atomic E-state index is -0.384. The van der Waals surface area contributed by atoms with E-state index in [2.05, 4.69) is 20.4 Å². The fourth-order valence-corrected chi connectivity index (χ4v) is 2.10. The van der Waals surface area contributed by atoms with Crippen LogP contribution in [0.2, 0.25) is 0 Å². The summed E-state index contributed by atoms with van der Waals surface area (Å²) in [7, 11) is 1.34. The number of hydrogen-bond donors (Lipinski definition) is 2. The number of nitrogens with zero attached hydrogens (tertiary/aromatic N) is 1. The maximum absolute atomic E-state index is 11.9. The molecule has 0 saturated heterocycles. The summed E-state index contributed by atoms with van der Waals surface area (Å²) in [5, 5.41) is 5.79. The molecule has 7 heteroatoms. The Bertz CT molecular complexity index is 856. The minimum absolute atomic E-state index is 0.217. The van der Waals surface area contributed by atoms with Gasteiger partial charge in [0.25, 0.3) is 5.91 Å². The van der Waals surface area contributed by atoms with Crippen molar-refractivity contribution >= 4 is 29.1 Å². The quantitative estimate of drug-likeness (QED) is 0.693. The van der Waals surface area contributed by atoms with Crippen molar-refractivity contribution in [2.75, 3.05) is 17.7 Å². The molecule has 0 saturated carbocycles. The number of benzene rings is 1. The Morgan fingerprint density at radius 2 is 1.80 bits per heavy atom. The van der Waals surface area contributed by atoms with Crippen LogP contribution in [0.1, 0.15) is 20.9 Å². The number of nitrogens with one attached hydrogen (secondary N) is 2. The molecule has 1 amide bonds. The molecule has 0 aliphatic carbocycles. The molecule has 2 heterocycles. The molecule has 0 spiro atoms. The lowest BCUT2D eigenvalue weighted by atomic mass is 10.2. The van der Waals surface area contributed by atoms with Crippen molar-refractivity contribution in [3.63, 3.8) is 0 Å². The molecule has 1 aromatic carbocycles. The number of aromatic nitrogens is 1. The summed E-state index contributed by atoms with van der Waals surface area (Å²) in [6, 6.07) is 13.5. The first-order valence-corrected chi connectivity index (χ1v) is 7.42. The highest BCUT2D eigenvalue weighted by atomic mass is 16.5. The third-order valence-electron chi connectivity index (χ3n) is 3.34. The topological polar surface area (TPSA) is 93.5 Å². The van der Waals surface area contributed by atoms with Gasteiger partial charge in [0, 0.05) is 5.69 Å². The Hall–Kier alpha value is -3.61. The zero-order valence-electron chi connectivity index (χ0n) is 13.4. The molecule has 0 fully saturated rings. The summed E-state index contributed by atoms with van der Waals surface area (Å²) in [5.74, 6) is -0.121. The Balaban J connectivity index is 1.62. The Morgan fingerprint density at radius 3 is 2.40 bits per heavy atom. The second-order valence-corrected chi connectivity index (χ2v) is 5.06. The first-order valence-electron chi connectivity index (χ1n) is 7.42. The van der Waals surface area contributed by atoms with E-state index < -0.39 is 0 Å². The number of amides is 1. The molecule has 0 bridgehead atoms. The van der Waals surface area contributed by atoms with Crippen LogP contribution >= 0.6 is 0 Å². The SMILES string of the molecule is COC(=O)c1ccc(Nc2ccc(NC(=O)c3ccco3)nc2)cc1. The first kappa shape index (κ1) is 16.3. The summed E-state index contributed by atoms with van der Waals surface area (Å²) < 4.78 is 9.68. The first-order chi connectivity index (χ1) is 12.2. The van der Waals surface area contributed by atoms with E-state index in [0.29, 0.717) is 11.4 Å². The molecule has 25 heavy (non-hydrogen) atoms. The third-order valence-corrected chi connectivity index (χ3v) is 3.34. The molecular formula is C18H15N3O4. The van der Waals surface area contributed by atoms with Crippen molar-refractivity contribution in [2.24, 2.45) is 0 Å². The van der Waals surface area contributed by atoms with Crippen molar-refractivity contribution in [1.82, 2.24) is 4.98 Å². The van der Waals surface area contributed by atoms with Gasteiger partial charge >= 0.3 is 5.97 Å². The highest BCUT2D eigenvalue weighted by molar-refractivity contribution is 6.01. The number of rotatable bonds is 5. The fraction of sp³-hybridized carbons (Fsp3) is 0.0556. The van der Waals surface area contributed by atoms with Gasteiger partial charge in [0.1, 0.15) is 5.82 Å². The maximum atomic E-state index is 11.9. The molecule has 3 rings (SSSR count). The number of furan rings is 1. The van der Waals surface area contributed by atoms with Gasteiger partial charge < -0.3 is 19.8 Å². The van der Waals surface area contributed by atoms with Gasteiger partial charge in [0.15, 0.2) is 5.76 Å². The van der Waals surface area contributed by atoms with Crippen LogP contribution in [-0.2, 0) is 4.74 Å². The van der Waals surface area contributed by atoms with E-state index in [9.17, 15) is 9.59 Å². The maximum Gasteiger partial charge on any atom is 0.337 e. The van der Waals surface area contributed by atoms with Crippen LogP contribution in [0.4, 0.5) is 17.2 Å². The lowest BCUT2D eigenvalue weighted by molar-refractivity contribution is 0.0600. The fourth-order valence-electron chi connectivity index (χ4n) is 2.10. The number of pyridine rings is 1. The molecule has 3 aromatic rings. The highest BCUT2D eigenvalue weighted by Crippen LogP contribution is 2.18. The number of esters is 1. The predicted molar refractivity (Wildman–Crippen MR) is 92.0 cm³/mol. The molecule has 0 atom stereocenters. The Kier molecular flexibility index (Phi) is 4.75. The molecule has 2 aromatic heterocycles. The van der Waals surface area contributed by atoms with Gasteiger partial charge in [0.05, 0.1) is 30.8 Å². The zero-order chi connectivity index (χ0) is 17.6. The van der Waals surface area contributed by atoms with Gasteiger partial charge in [-0.15, -0.1) is 0 Å². The number of carbonyl (C=O) groups is 2. The van der Waals surface area contributed by atoms with Crippen LogP contribution < -0.4 is 10.6 Å². The van der Waals surface area contributed by atoms with E-state index in [1.807, 2.05) is 0 Å². The highest BCUT2D eigenvalue weighted by Gasteiger charge is 2.09. The van der Waals surface area contributed by atoms with E-state index in [-0.39, 0.29) is 17.6 Å². The van der Waals surface area contributed by atoms with Crippen molar-refractivity contribution in [1.29, 1.82) is 0 Å². The average molecular weight is 337 g/mol. The number of carbonyl (C=O) groups excluding carboxylic acids is 2. The Labute approximate surface area is 143 Å². The summed E-state index contributed by atoms with van der Waals surface area (Å²) in [6.07, 6.45) is 3.02. The monoisotopic (exact) mass is 337 g/mol. The normalized spacial score (nSPS) is 10.1. The summed E-state index contributed by atoms with van der Waals surface area (Å²) in [6.45, 7) is 0. The van der Waals surface area contributed by atoms with Crippen molar-refractivity contribution in [2.45, 2.75) is 0 Å². The van der Waals surface area contributed by atoms with Crippen molar-refractivity contribution in [3.8, 4) is 0 Å². The van der Waals surface area contributed by atoms with Crippen LogP contribution in [0.15, 0.2) is 65.4 Å². The molecule has 2 N–H and O–H groups in total. The second-order valence-electron chi connectivity index (χ2n) is 5.06. The van der Waals surface area contributed by atoms with E-state index in [4.69, 9.17) is 4.42 Å². The number of ether oxygens (including phenoxy) is 1. The van der Waals surface area contributed by atoms with E-state index in [0.717, 1.165) is 11.4 Å². The number of methoxy groups -OCH3 is 1. The number of hydrogen-bond acceptors (Lipinski definition) is 6. The molecule has 126 valence electrons. The average Bonchev–Trinajstić information content (AvgIpc) is 3.18. The Morgan fingerprint density at radius 1 is 1.04 bits per heavy atom. The van der Waals surface area contributed by atoms with E-state index in [1.165, 1.54) is 13.4 Å². The van der Waals surface area contributed by atoms with Crippen LogP contribution in [0.5, 0.6) is 0 Å². The minimum Gasteiger partial charge on any atom is -0.465 e. The molecule has 7 nitrogen and oxygen atoms in total. The van der Waals surface area contributed by atoms with Gasteiger partial charge in [-0.3, -0.25) is 4.79 Å². The largest absolute Gasteiger partial charge is 0.465 e. The summed E-state index contributed by atoms with van der Waals surface area (Å²) >= 11 is 0. The van der Waals surface area contributed by atoms with Crippen molar-refractivity contribution in [3.05, 3.63) is 72.3 Å². The van der Waals surface area contributed by atoms with E-state index in [1.54, 1.807) is 54.7 Å². The molecule has 0 radical (unpaired) electrons. The molecule has 0 aliphatic rings. The lowest BCUT2D eigenvalue weighted by Crippen LogP contribution is -2.11. The lowest BCUT2D eigenvalue weighted by Gasteiger charge is -2.08.